The van der Waals surface area contributed by atoms with Gasteiger partial charge in [0.05, 0.1) is 17.8 Å². The molecule has 0 spiro atoms. The van der Waals surface area contributed by atoms with Crippen LogP contribution in [0.2, 0.25) is 0 Å². The van der Waals surface area contributed by atoms with Crippen molar-refractivity contribution in [2.45, 2.75) is 63.9 Å². The van der Waals surface area contributed by atoms with Gasteiger partial charge in [-0.05, 0) is 40.5 Å². The van der Waals surface area contributed by atoms with Crippen LogP contribution in [0.5, 0.6) is 0 Å². The zero-order valence-electron chi connectivity index (χ0n) is 16.9. The van der Waals surface area contributed by atoms with Crippen molar-refractivity contribution >= 4 is 24.4 Å². The number of aromatic nitrogens is 2. The lowest BCUT2D eigenvalue weighted by atomic mass is 9.81. The van der Waals surface area contributed by atoms with E-state index in [9.17, 15) is 9.90 Å². The minimum Gasteiger partial charge on any atom is -0.399 e. The van der Waals surface area contributed by atoms with E-state index in [1.165, 1.54) is 0 Å². The Balaban J connectivity index is 1.64. The number of carbonyl (C=O) groups excluding carboxylic acids is 1. The predicted molar refractivity (Wildman–Crippen MR) is 104 cm³/mol. The quantitative estimate of drug-likeness (QED) is 0.540. The van der Waals surface area contributed by atoms with Crippen LogP contribution < -0.4 is 15.7 Å². The lowest BCUT2D eigenvalue weighted by molar-refractivity contribution is -0.131. The lowest BCUT2D eigenvalue weighted by Crippen LogP contribution is -2.45. The molecule has 0 unspecified atom stereocenters. The smallest absolute Gasteiger partial charge is 0.399 e. The van der Waals surface area contributed by atoms with Crippen LogP contribution in [0.15, 0.2) is 12.4 Å². The second-order valence-electron chi connectivity index (χ2n) is 8.34. The number of aliphatic hydroxyl groups excluding tert-OH is 2. The highest BCUT2D eigenvalue weighted by Crippen LogP contribution is 2.36. The standard InChI is InChI=1S/C18H29BN4O5/c1-17(2)18(3,4)28-19(27-17)12-8-21-16(22-9-12)23-7-5-6-13(23)10-20-15(26)14(25)11-24/h8-9,13-14,24-25H,5-7,10-11H2,1-4H3,(H,20,26)/t13-,14-/m1/s1. The summed E-state index contributed by atoms with van der Waals surface area (Å²) in [6.45, 7) is 8.55. The number of nitrogens with one attached hydrogen (secondary N) is 1. The van der Waals surface area contributed by atoms with Crippen LogP contribution in [0.1, 0.15) is 40.5 Å². The molecule has 0 aliphatic carbocycles. The Morgan fingerprint density at radius 2 is 1.93 bits per heavy atom. The van der Waals surface area contributed by atoms with Gasteiger partial charge in [-0.1, -0.05) is 0 Å². The Hall–Kier alpha value is -1.75. The summed E-state index contributed by atoms with van der Waals surface area (Å²) in [6, 6.07) is 0.0394. The molecule has 3 rings (SSSR count). The van der Waals surface area contributed by atoms with Crippen LogP contribution in [-0.2, 0) is 14.1 Å². The third-order valence-electron chi connectivity index (χ3n) is 5.81. The molecule has 0 aromatic carbocycles. The summed E-state index contributed by atoms with van der Waals surface area (Å²) < 4.78 is 12.1. The van der Waals surface area contributed by atoms with Gasteiger partial charge in [0, 0.05) is 37.0 Å². The molecule has 28 heavy (non-hydrogen) atoms. The van der Waals surface area contributed by atoms with Crippen LogP contribution in [0.25, 0.3) is 0 Å². The first-order valence-electron chi connectivity index (χ1n) is 9.65. The Kier molecular flexibility index (Phi) is 5.95. The van der Waals surface area contributed by atoms with Crippen molar-refractivity contribution in [2.75, 3.05) is 24.6 Å². The molecular weight excluding hydrogens is 363 g/mol. The average molecular weight is 392 g/mol. The second kappa shape index (κ2) is 7.94. The van der Waals surface area contributed by atoms with E-state index in [1.807, 2.05) is 32.6 Å². The highest BCUT2D eigenvalue weighted by Gasteiger charge is 2.52. The van der Waals surface area contributed by atoms with Crippen molar-refractivity contribution in [1.82, 2.24) is 15.3 Å². The van der Waals surface area contributed by atoms with Crippen molar-refractivity contribution < 1.29 is 24.3 Å². The number of nitrogens with zero attached hydrogens (tertiary/aromatic N) is 3. The fourth-order valence-electron chi connectivity index (χ4n) is 3.31. The molecule has 1 amide bonds. The Morgan fingerprint density at radius 3 is 2.50 bits per heavy atom. The number of hydrogen-bond acceptors (Lipinski definition) is 8. The molecule has 10 heteroatoms. The first kappa shape index (κ1) is 21.0. The van der Waals surface area contributed by atoms with Gasteiger partial charge < -0.3 is 29.7 Å². The Bertz CT molecular complexity index is 684. The first-order valence-corrected chi connectivity index (χ1v) is 9.65. The number of aliphatic hydroxyl groups is 2. The van der Waals surface area contributed by atoms with Crippen molar-refractivity contribution in [3.63, 3.8) is 0 Å². The topological polar surface area (TPSA) is 117 Å². The highest BCUT2D eigenvalue weighted by molar-refractivity contribution is 6.61. The van der Waals surface area contributed by atoms with E-state index < -0.39 is 36.9 Å². The van der Waals surface area contributed by atoms with Gasteiger partial charge in [0.2, 0.25) is 5.95 Å². The number of rotatable bonds is 6. The predicted octanol–water partition coefficient (Wildman–Crippen LogP) is -0.786. The van der Waals surface area contributed by atoms with Gasteiger partial charge in [-0.15, -0.1) is 0 Å². The third kappa shape index (κ3) is 4.14. The van der Waals surface area contributed by atoms with E-state index in [0.29, 0.717) is 12.5 Å². The maximum atomic E-state index is 11.7. The van der Waals surface area contributed by atoms with Gasteiger partial charge in [-0.2, -0.15) is 0 Å². The lowest BCUT2D eigenvalue weighted by Gasteiger charge is -2.32. The third-order valence-corrected chi connectivity index (χ3v) is 5.81. The van der Waals surface area contributed by atoms with Gasteiger partial charge in [0.15, 0.2) is 6.10 Å². The molecule has 2 aliphatic heterocycles. The molecule has 0 saturated carbocycles. The van der Waals surface area contributed by atoms with E-state index in [-0.39, 0.29) is 6.04 Å². The van der Waals surface area contributed by atoms with Crippen LogP contribution >= 0.6 is 0 Å². The van der Waals surface area contributed by atoms with Crippen molar-refractivity contribution in [3.8, 4) is 0 Å². The Morgan fingerprint density at radius 1 is 1.32 bits per heavy atom. The molecular formula is C18H29BN4O5. The Labute approximate surface area is 165 Å². The molecule has 3 heterocycles. The molecule has 2 fully saturated rings. The summed E-state index contributed by atoms with van der Waals surface area (Å²) >= 11 is 0. The molecule has 1 aromatic rings. The molecule has 154 valence electrons. The van der Waals surface area contributed by atoms with Crippen molar-refractivity contribution in [1.29, 1.82) is 0 Å². The molecule has 9 nitrogen and oxygen atoms in total. The van der Waals surface area contributed by atoms with E-state index in [0.717, 1.165) is 24.8 Å². The van der Waals surface area contributed by atoms with E-state index >= 15 is 0 Å². The summed E-state index contributed by atoms with van der Waals surface area (Å²) in [5.41, 5.74) is -0.0842. The fourth-order valence-corrected chi connectivity index (χ4v) is 3.31. The zero-order chi connectivity index (χ0) is 20.5. The summed E-state index contributed by atoms with van der Waals surface area (Å²) in [5.74, 6) is 0.00565. The summed E-state index contributed by atoms with van der Waals surface area (Å²) in [5, 5.41) is 20.9. The highest BCUT2D eigenvalue weighted by atomic mass is 16.7. The van der Waals surface area contributed by atoms with Crippen molar-refractivity contribution in [2.24, 2.45) is 0 Å². The van der Waals surface area contributed by atoms with Gasteiger partial charge in [0.25, 0.3) is 5.91 Å². The minimum absolute atomic E-state index is 0.0394. The first-order chi connectivity index (χ1) is 13.1. The molecule has 3 N–H and O–H groups in total. The van der Waals surface area contributed by atoms with Crippen LogP contribution in [0.4, 0.5) is 5.95 Å². The number of anilines is 1. The normalized spacial score (nSPS) is 24.4. The SMILES string of the molecule is CC1(C)OB(c2cnc(N3CCC[C@@H]3CNC(=O)[C@H](O)CO)nc2)OC1(C)C. The molecule has 2 saturated heterocycles. The van der Waals surface area contributed by atoms with Crippen LogP contribution in [0.3, 0.4) is 0 Å². The van der Waals surface area contributed by atoms with Crippen LogP contribution in [-0.4, -0.2) is 76.3 Å². The largest absolute Gasteiger partial charge is 0.498 e. The summed E-state index contributed by atoms with van der Waals surface area (Å²) in [4.78, 5) is 22.7. The fraction of sp³-hybridized carbons (Fsp3) is 0.722. The summed E-state index contributed by atoms with van der Waals surface area (Å²) in [7, 11) is -0.507. The van der Waals surface area contributed by atoms with E-state index in [1.54, 1.807) is 12.4 Å². The van der Waals surface area contributed by atoms with E-state index in [4.69, 9.17) is 14.4 Å². The second-order valence-corrected chi connectivity index (χ2v) is 8.34. The number of amides is 1. The molecule has 1 aromatic heterocycles. The monoisotopic (exact) mass is 392 g/mol. The maximum absolute atomic E-state index is 11.7. The van der Waals surface area contributed by atoms with Crippen molar-refractivity contribution in [3.05, 3.63) is 12.4 Å². The van der Waals surface area contributed by atoms with Gasteiger partial charge in [-0.3, -0.25) is 4.79 Å². The number of hydrogen-bond donors (Lipinski definition) is 3. The molecule has 0 bridgehead atoms. The number of carbonyl (C=O) groups is 1. The molecule has 0 radical (unpaired) electrons. The minimum atomic E-state index is -1.40. The molecule has 2 aliphatic rings. The van der Waals surface area contributed by atoms with E-state index in [2.05, 4.69) is 15.3 Å². The molecule has 2 atom stereocenters. The summed E-state index contributed by atoms with van der Waals surface area (Å²) in [6.07, 6.45) is 3.89. The van der Waals surface area contributed by atoms with Gasteiger partial charge >= 0.3 is 7.12 Å². The van der Waals surface area contributed by atoms with Gasteiger partial charge in [-0.25, -0.2) is 9.97 Å². The average Bonchev–Trinajstić information content (AvgIpc) is 3.20. The zero-order valence-corrected chi connectivity index (χ0v) is 16.9. The maximum Gasteiger partial charge on any atom is 0.498 e. The van der Waals surface area contributed by atoms with Gasteiger partial charge in [0.1, 0.15) is 0 Å². The van der Waals surface area contributed by atoms with Crippen LogP contribution in [0, 0.1) is 0 Å².